The Labute approximate surface area is 119 Å². The highest BCUT2D eigenvalue weighted by molar-refractivity contribution is 5.76. The summed E-state index contributed by atoms with van der Waals surface area (Å²) in [5, 5.41) is 8.99. The van der Waals surface area contributed by atoms with Gasteiger partial charge in [-0.3, -0.25) is 4.79 Å². The molecule has 2 amide bonds. The van der Waals surface area contributed by atoms with E-state index >= 15 is 0 Å². The molecule has 114 valence electrons. The number of aliphatic carboxylic acids is 1. The van der Waals surface area contributed by atoms with Crippen LogP contribution in [0.15, 0.2) is 0 Å². The molecule has 0 radical (unpaired) electrons. The topological polar surface area (TPSA) is 70.1 Å². The van der Waals surface area contributed by atoms with Gasteiger partial charge in [0.05, 0.1) is 12.5 Å². The van der Waals surface area contributed by atoms with E-state index < -0.39 is 5.97 Å². The van der Waals surface area contributed by atoms with Crippen molar-refractivity contribution >= 4 is 12.0 Å². The van der Waals surface area contributed by atoms with Gasteiger partial charge in [0.25, 0.3) is 0 Å². The maximum atomic E-state index is 12.6. The highest BCUT2D eigenvalue weighted by atomic mass is 16.5. The molecule has 0 aromatic carbocycles. The van der Waals surface area contributed by atoms with Gasteiger partial charge in [-0.2, -0.15) is 0 Å². The van der Waals surface area contributed by atoms with Crippen LogP contribution in [0, 0.1) is 0 Å². The van der Waals surface area contributed by atoms with Crippen LogP contribution in [-0.2, 0) is 9.53 Å². The smallest absolute Gasteiger partial charge is 0.320 e. The Hall–Kier alpha value is -1.30. The van der Waals surface area contributed by atoms with Crippen molar-refractivity contribution in [2.45, 2.75) is 51.2 Å². The molecule has 0 saturated carbocycles. The Kier molecular flexibility index (Phi) is 5.23. The molecule has 20 heavy (non-hydrogen) atoms. The molecule has 6 heteroatoms. The lowest BCUT2D eigenvalue weighted by molar-refractivity contribution is -0.138. The first-order valence-corrected chi connectivity index (χ1v) is 7.47. The minimum atomic E-state index is -0.831. The number of carboxylic acids is 1. The van der Waals surface area contributed by atoms with E-state index in [0.29, 0.717) is 26.2 Å². The fourth-order valence-electron chi connectivity index (χ4n) is 3.02. The number of urea groups is 1. The van der Waals surface area contributed by atoms with Gasteiger partial charge in [0.15, 0.2) is 0 Å². The molecule has 0 spiro atoms. The summed E-state index contributed by atoms with van der Waals surface area (Å²) in [6.45, 7) is 4.61. The lowest BCUT2D eigenvalue weighted by atomic mass is 10.00. The second kappa shape index (κ2) is 6.92. The van der Waals surface area contributed by atoms with Crippen LogP contribution < -0.4 is 0 Å². The number of carbonyl (C=O) groups is 2. The molecule has 2 fully saturated rings. The normalized spacial score (nSPS) is 28.1. The van der Waals surface area contributed by atoms with Crippen LogP contribution >= 0.6 is 0 Å². The van der Waals surface area contributed by atoms with Crippen LogP contribution in [0.25, 0.3) is 0 Å². The third kappa shape index (κ3) is 3.85. The molecule has 0 aromatic rings. The second-order valence-corrected chi connectivity index (χ2v) is 5.70. The van der Waals surface area contributed by atoms with Gasteiger partial charge in [-0.05, 0) is 32.6 Å². The number of hydrogen-bond donors (Lipinski definition) is 1. The van der Waals surface area contributed by atoms with E-state index in [1.807, 2.05) is 11.8 Å². The summed E-state index contributed by atoms with van der Waals surface area (Å²) in [5.74, 6) is -0.831. The molecule has 2 heterocycles. The summed E-state index contributed by atoms with van der Waals surface area (Å²) in [4.78, 5) is 27.2. The van der Waals surface area contributed by atoms with Gasteiger partial charge in [-0.1, -0.05) is 0 Å². The van der Waals surface area contributed by atoms with E-state index in [0.717, 1.165) is 25.7 Å². The fourth-order valence-corrected chi connectivity index (χ4v) is 3.02. The molecule has 2 aliphatic heterocycles. The number of hydrogen-bond acceptors (Lipinski definition) is 3. The van der Waals surface area contributed by atoms with E-state index in [1.165, 1.54) is 0 Å². The van der Waals surface area contributed by atoms with Crippen LogP contribution in [0.2, 0.25) is 0 Å². The molecule has 2 atom stereocenters. The first-order valence-electron chi connectivity index (χ1n) is 7.47. The van der Waals surface area contributed by atoms with E-state index in [4.69, 9.17) is 9.84 Å². The highest BCUT2D eigenvalue weighted by Crippen LogP contribution is 2.22. The summed E-state index contributed by atoms with van der Waals surface area (Å²) in [7, 11) is 0. The molecule has 1 N–H and O–H groups in total. The van der Waals surface area contributed by atoms with Gasteiger partial charge in [0, 0.05) is 32.3 Å². The first kappa shape index (κ1) is 15.1. The van der Waals surface area contributed by atoms with Crippen molar-refractivity contribution in [1.29, 1.82) is 0 Å². The summed E-state index contributed by atoms with van der Waals surface area (Å²) >= 11 is 0. The number of amides is 2. The van der Waals surface area contributed by atoms with Gasteiger partial charge in [-0.25, -0.2) is 4.79 Å². The van der Waals surface area contributed by atoms with Gasteiger partial charge in [0.1, 0.15) is 0 Å². The minimum Gasteiger partial charge on any atom is -0.481 e. The zero-order valence-corrected chi connectivity index (χ0v) is 12.1. The molecule has 0 aromatic heterocycles. The van der Waals surface area contributed by atoms with Gasteiger partial charge >= 0.3 is 12.0 Å². The predicted octanol–water partition coefficient (Wildman–Crippen LogP) is 1.55. The molecule has 0 bridgehead atoms. The van der Waals surface area contributed by atoms with Crippen LogP contribution in [-0.4, -0.2) is 65.3 Å². The van der Waals surface area contributed by atoms with E-state index in [2.05, 4.69) is 0 Å². The van der Waals surface area contributed by atoms with E-state index in [1.54, 1.807) is 4.90 Å². The van der Waals surface area contributed by atoms with Crippen LogP contribution in [0.3, 0.4) is 0 Å². The zero-order valence-electron chi connectivity index (χ0n) is 12.1. The van der Waals surface area contributed by atoms with Gasteiger partial charge in [0.2, 0.25) is 0 Å². The van der Waals surface area contributed by atoms with Gasteiger partial charge < -0.3 is 19.6 Å². The number of carboxylic acid groups (broad SMARTS) is 1. The van der Waals surface area contributed by atoms with Crippen molar-refractivity contribution in [3.63, 3.8) is 0 Å². The van der Waals surface area contributed by atoms with Crippen LogP contribution in [0.1, 0.15) is 39.0 Å². The number of likely N-dealkylation sites (tertiary alicyclic amines) is 1. The molecular weight excluding hydrogens is 260 g/mol. The largest absolute Gasteiger partial charge is 0.481 e. The molecule has 2 aliphatic rings. The Bertz CT molecular complexity index is 361. The Morgan fingerprint density at radius 3 is 2.80 bits per heavy atom. The predicted molar refractivity (Wildman–Crippen MR) is 73.6 cm³/mol. The zero-order chi connectivity index (χ0) is 14.5. The van der Waals surface area contributed by atoms with Crippen molar-refractivity contribution in [3.8, 4) is 0 Å². The van der Waals surface area contributed by atoms with E-state index in [9.17, 15) is 9.59 Å². The second-order valence-electron chi connectivity index (χ2n) is 5.70. The van der Waals surface area contributed by atoms with E-state index in [-0.39, 0.29) is 24.6 Å². The Balaban J connectivity index is 2.02. The third-order valence-corrected chi connectivity index (χ3v) is 4.01. The Morgan fingerprint density at radius 1 is 1.25 bits per heavy atom. The molecule has 0 aliphatic carbocycles. The molecule has 6 nitrogen and oxygen atoms in total. The molecule has 2 rings (SSSR count). The molecule has 2 saturated heterocycles. The van der Waals surface area contributed by atoms with Gasteiger partial charge in [-0.15, -0.1) is 0 Å². The third-order valence-electron chi connectivity index (χ3n) is 4.01. The summed E-state index contributed by atoms with van der Waals surface area (Å²) in [5.41, 5.74) is 0. The lowest BCUT2D eigenvalue weighted by Gasteiger charge is -2.38. The molecular formula is C14H24N2O4. The average molecular weight is 284 g/mol. The first-order chi connectivity index (χ1) is 9.58. The van der Waals surface area contributed by atoms with Crippen LogP contribution in [0.5, 0.6) is 0 Å². The Morgan fingerprint density at radius 2 is 2.05 bits per heavy atom. The number of ether oxygens (including phenoxy) is 1. The molecule has 2 unspecified atom stereocenters. The SMILES string of the molecule is CC1CN(C(=O)N2CCCCC2CC(=O)O)CCCO1. The van der Waals surface area contributed by atoms with Crippen molar-refractivity contribution in [2.75, 3.05) is 26.2 Å². The summed E-state index contributed by atoms with van der Waals surface area (Å²) in [6, 6.07) is -0.179. The van der Waals surface area contributed by atoms with Crippen molar-refractivity contribution in [1.82, 2.24) is 9.80 Å². The minimum absolute atomic E-state index is 0.0201. The standard InChI is InChI=1S/C14H24N2O4/c1-11-10-15(6-4-8-20-11)14(19)16-7-3-2-5-12(16)9-13(17)18/h11-12H,2-10H2,1H3,(H,17,18). The number of rotatable bonds is 2. The number of carbonyl (C=O) groups excluding carboxylic acids is 1. The summed E-state index contributed by atoms with van der Waals surface area (Å²) < 4.78 is 5.56. The lowest BCUT2D eigenvalue weighted by Crippen LogP contribution is -2.52. The highest BCUT2D eigenvalue weighted by Gasteiger charge is 2.32. The monoisotopic (exact) mass is 284 g/mol. The van der Waals surface area contributed by atoms with Crippen molar-refractivity contribution < 1.29 is 19.4 Å². The number of nitrogens with zero attached hydrogens (tertiary/aromatic N) is 2. The van der Waals surface area contributed by atoms with Crippen molar-refractivity contribution in [2.24, 2.45) is 0 Å². The number of piperidine rings is 1. The van der Waals surface area contributed by atoms with Crippen LogP contribution in [0.4, 0.5) is 4.79 Å². The average Bonchev–Trinajstić information content (AvgIpc) is 2.62. The van der Waals surface area contributed by atoms with Crippen molar-refractivity contribution in [3.05, 3.63) is 0 Å². The maximum absolute atomic E-state index is 12.6. The quantitative estimate of drug-likeness (QED) is 0.835. The maximum Gasteiger partial charge on any atom is 0.320 e. The summed E-state index contributed by atoms with van der Waals surface area (Å²) in [6.07, 6.45) is 3.68. The fraction of sp³-hybridized carbons (Fsp3) is 0.857.